The van der Waals surface area contributed by atoms with E-state index < -0.39 is 0 Å². The number of alkyl halides is 1. The van der Waals surface area contributed by atoms with Crippen molar-refractivity contribution < 1.29 is 4.79 Å². The van der Waals surface area contributed by atoms with Crippen LogP contribution in [0.1, 0.15) is 5.56 Å². The van der Waals surface area contributed by atoms with Crippen LogP contribution in [-0.4, -0.2) is 30.3 Å². The van der Waals surface area contributed by atoms with Gasteiger partial charge in [0.1, 0.15) is 5.88 Å². The number of hydrogen-bond acceptors (Lipinski definition) is 1. The van der Waals surface area contributed by atoms with Crippen molar-refractivity contribution in [1.29, 1.82) is 0 Å². The number of benzene rings is 1. The number of carbonyl (C=O) groups excluding carboxylic acids is 1. The normalized spacial score (nSPS) is 10.1. The van der Waals surface area contributed by atoms with Gasteiger partial charge in [0.15, 0.2) is 0 Å². The molecule has 15 heavy (non-hydrogen) atoms. The van der Waals surface area contributed by atoms with Gasteiger partial charge in [-0.05, 0) is 24.1 Å². The summed E-state index contributed by atoms with van der Waals surface area (Å²) in [7, 11) is 1.75. The highest BCUT2D eigenvalue weighted by atomic mass is 35.5. The van der Waals surface area contributed by atoms with Gasteiger partial charge in [-0.2, -0.15) is 0 Å². The Morgan fingerprint density at radius 2 is 1.93 bits per heavy atom. The lowest BCUT2D eigenvalue weighted by molar-refractivity contribution is -0.127. The van der Waals surface area contributed by atoms with Gasteiger partial charge in [0.2, 0.25) is 5.91 Å². The van der Waals surface area contributed by atoms with Gasteiger partial charge in [-0.3, -0.25) is 4.79 Å². The number of carbonyl (C=O) groups is 1. The zero-order valence-corrected chi connectivity index (χ0v) is 10.1. The van der Waals surface area contributed by atoms with Gasteiger partial charge in [-0.25, -0.2) is 0 Å². The Kier molecular flexibility index (Phi) is 4.92. The molecule has 0 saturated carbocycles. The summed E-state index contributed by atoms with van der Waals surface area (Å²) in [6.45, 7) is 0.674. The fourth-order valence-corrected chi connectivity index (χ4v) is 1.50. The topological polar surface area (TPSA) is 20.3 Å². The van der Waals surface area contributed by atoms with Crippen LogP contribution in [0.5, 0.6) is 0 Å². The number of rotatable bonds is 4. The molecule has 0 aromatic heterocycles. The minimum absolute atomic E-state index is 0.0388. The predicted octanol–water partition coefficient (Wildman–Crippen LogP) is 2.58. The van der Waals surface area contributed by atoms with Crippen molar-refractivity contribution in [3.05, 3.63) is 34.9 Å². The first kappa shape index (κ1) is 12.3. The summed E-state index contributed by atoms with van der Waals surface area (Å²) in [6.07, 6.45) is 0.816. The van der Waals surface area contributed by atoms with E-state index in [-0.39, 0.29) is 11.8 Å². The van der Waals surface area contributed by atoms with E-state index in [1.165, 1.54) is 0 Å². The molecule has 0 saturated heterocycles. The van der Waals surface area contributed by atoms with Gasteiger partial charge >= 0.3 is 0 Å². The Labute approximate surface area is 99.8 Å². The number of halogens is 2. The molecule has 0 heterocycles. The quantitative estimate of drug-likeness (QED) is 0.748. The number of nitrogens with zero attached hydrogens (tertiary/aromatic N) is 1. The van der Waals surface area contributed by atoms with E-state index in [2.05, 4.69) is 0 Å². The largest absolute Gasteiger partial charge is 0.344 e. The molecular formula is C11H13Cl2NO. The van der Waals surface area contributed by atoms with Crippen molar-refractivity contribution in [3.63, 3.8) is 0 Å². The van der Waals surface area contributed by atoms with Gasteiger partial charge in [0.25, 0.3) is 0 Å². The smallest absolute Gasteiger partial charge is 0.237 e. The fourth-order valence-electron chi connectivity index (χ4n) is 1.17. The average Bonchev–Trinajstić information content (AvgIpc) is 2.26. The molecule has 0 aliphatic carbocycles. The minimum Gasteiger partial charge on any atom is -0.344 e. The molecule has 0 N–H and O–H groups in total. The Bertz CT molecular complexity index is 324. The lowest BCUT2D eigenvalue weighted by Crippen LogP contribution is -2.29. The fraction of sp³-hybridized carbons (Fsp3) is 0.364. The molecule has 0 atom stereocenters. The van der Waals surface area contributed by atoms with Gasteiger partial charge in [0, 0.05) is 18.6 Å². The predicted molar refractivity (Wildman–Crippen MR) is 63.5 cm³/mol. The van der Waals surface area contributed by atoms with Crippen molar-refractivity contribution in [2.45, 2.75) is 6.42 Å². The van der Waals surface area contributed by atoms with E-state index in [4.69, 9.17) is 23.2 Å². The summed E-state index contributed by atoms with van der Waals surface area (Å²) in [5.41, 5.74) is 1.16. The molecule has 0 fully saturated rings. The molecular weight excluding hydrogens is 233 g/mol. The zero-order valence-electron chi connectivity index (χ0n) is 8.54. The van der Waals surface area contributed by atoms with Gasteiger partial charge in [-0.15, -0.1) is 11.6 Å². The SMILES string of the molecule is CN(CCc1ccc(Cl)cc1)C(=O)CCl. The van der Waals surface area contributed by atoms with Crippen LogP contribution in [0.15, 0.2) is 24.3 Å². The van der Waals surface area contributed by atoms with Crippen molar-refractivity contribution in [3.8, 4) is 0 Å². The molecule has 1 aromatic rings. The second-order valence-electron chi connectivity index (χ2n) is 3.33. The highest BCUT2D eigenvalue weighted by molar-refractivity contribution is 6.30. The summed E-state index contributed by atoms with van der Waals surface area (Å²) in [5.74, 6) is -0.0115. The van der Waals surface area contributed by atoms with Crippen LogP contribution in [0.25, 0.3) is 0 Å². The molecule has 0 aliphatic rings. The highest BCUT2D eigenvalue weighted by Crippen LogP contribution is 2.10. The Morgan fingerprint density at radius 3 is 2.47 bits per heavy atom. The molecule has 0 aliphatic heterocycles. The van der Waals surface area contributed by atoms with Gasteiger partial charge in [0.05, 0.1) is 0 Å². The third kappa shape index (κ3) is 4.10. The van der Waals surface area contributed by atoms with E-state index >= 15 is 0 Å². The van der Waals surface area contributed by atoms with E-state index in [1.807, 2.05) is 24.3 Å². The summed E-state index contributed by atoms with van der Waals surface area (Å²) < 4.78 is 0. The second kappa shape index (κ2) is 5.99. The maximum atomic E-state index is 11.2. The van der Waals surface area contributed by atoms with Gasteiger partial charge < -0.3 is 4.90 Å². The standard InChI is InChI=1S/C11H13Cl2NO/c1-14(11(15)8-12)7-6-9-2-4-10(13)5-3-9/h2-5H,6-8H2,1H3. The van der Waals surface area contributed by atoms with Gasteiger partial charge in [-0.1, -0.05) is 23.7 Å². The number of amides is 1. The Hall–Kier alpha value is -0.730. The van der Waals surface area contributed by atoms with Crippen molar-refractivity contribution in [2.24, 2.45) is 0 Å². The molecule has 0 unspecified atom stereocenters. The van der Waals surface area contributed by atoms with E-state index in [9.17, 15) is 4.79 Å². The highest BCUT2D eigenvalue weighted by Gasteiger charge is 2.06. The maximum Gasteiger partial charge on any atom is 0.237 e. The lowest BCUT2D eigenvalue weighted by Gasteiger charge is -2.15. The first-order valence-corrected chi connectivity index (χ1v) is 5.59. The Morgan fingerprint density at radius 1 is 1.33 bits per heavy atom. The molecule has 1 rings (SSSR count). The molecule has 0 bridgehead atoms. The first-order valence-electron chi connectivity index (χ1n) is 4.68. The van der Waals surface area contributed by atoms with Crippen LogP contribution in [-0.2, 0) is 11.2 Å². The third-order valence-electron chi connectivity index (χ3n) is 2.19. The summed E-state index contributed by atoms with van der Waals surface area (Å²) in [4.78, 5) is 12.8. The van der Waals surface area contributed by atoms with E-state index in [0.29, 0.717) is 6.54 Å². The lowest BCUT2D eigenvalue weighted by atomic mass is 10.1. The van der Waals surface area contributed by atoms with Crippen molar-refractivity contribution in [2.75, 3.05) is 19.5 Å². The summed E-state index contributed by atoms with van der Waals surface area (Å²) in [6, 6.07) is 7.61. The first-order chi connectivity index (χ1) is 7.13. The van der Waals surface area contributed by atoms with Crippen LogP contribution in [0, 0.1) is 0 Å². The molecule has 0 radical (unpaired) electrons. The molecule has 2 nitrogen and oxygen atoms in total. The molecule has 1 aromatic carbocycles. The average molecular weight is 246 g/mol. The van der Waals surface area contributed by atoms with Crippen LogP contribution in [0.3, 0.4) is 0 Å². The monoisotopic (exact) mass is 245 g/mol. The van der Waals surface area contributed by atoms with Crippen LogP contribution >= 0.6 is 23.2 Å². The molecule has 4 heteroatoms. The molecule has 82 valence electrons. The van der Waals surface area contributed by atoms with Crippen molar-refractivity contribution >= 4 is 29.1 Å². The number of likely N-dealkylation sites (N-methyl/N-ethyl adjacent to an activating group) is 1. The summed E-state index contributed by atoms with van der Waals surface area (Å²) in [5, 5.41) is 0.726. The Balaban J connectivity index is 2.43. The zero-order chi connectivity index (χ0) is 11.3. The van der Waals surface area contributed by atoms with Crippen LogP contribution in [0.2, 0.25) is 5.02 Å². The van der Waals surface area contributed by atoms with Crippen LogP contribution < -0.4 is 0 Å². The second-order valence-corrected chi connectivity index (χ2v) is 4.03. The summed E-state index contributed by atoms with van der Waals surface area (Å²) >= 11 is 11.2. The maximum absolute atomic E-state index is 11.2. The minimum atomic E-state index is -0.0503. The third-order valence-corrected chi connectivity index (χ3v) is 2.67. The molecule has 1 amide bonds. The molecule has 0 spiro atoms. The van der Waals surface area contributed by atoms with Crippen molar-refractivity contribution in [1.82, 2.24) is 4.90 Å². The number of hydrogen-bond donors (Lipinski definition) is 0. The van der Waals surface area contributed by atoms with E-state index in [1.54, 1.807) is 11.9 Å². The van der Waals surface area contributed by atoms with Crippen LogP contribution in [0.4, 0.5) is 0 Å². The van der Waals surface area contributed by atoms with E-state index in [0.717, 1.165) is 17.0 Å².